The summed E-state index contributed by atoms with van der Waals surface area (Å²) in [5, 5.41) is 2.84. The summed E-state index contributed by atoms with van der Waals surface area (Å²) < 4.78 is 4.65. The molecule has 2 heterocycles. The van der Waals surface area contributed by atoms with Gasteiger partial charge in [-0.2, -0.15) is 0 Å². The molecule has 1 aliphatic heterocycles. The van der Waals surface area contributed by atoms with Gasteiger partial charge in [-0.1, -0.05) is 33.8 Å². The van der Waals surface area contributed by atoms with Crippen LogP contribution in [0.15, 0.2) is 48.3 Å². The number of hydrogen-bond donors (Lipinski definition) is 1. The molecule has 1 N–H and O–H groups in total. The van der Waals surface area contributed by atoms with Crippen molar-refractivity contribution in [3.05, 3.63) is 54.0 Å². The molecule has 0 aliphatic carbocycles. The molecular formula is C17H24N2O3. The predicted molar refractivity (Wildman–Crippen MR) is 87.4 cm³/mol. The van der Waals surface area contributed by atoms with Crippen molar-refractivity contribution >= 4 is 11.8 Å². The van der Waals surface area contributed by atoms with Gasteiger partial charge < -0.3 is 10.1 Å². The monoisotopic (exact) mass is 304 g/mol. The van der Waals surface area contributed by atoms with Crippen molar-refractivity contribution in [2.45, 2.75) is 33.7 Å². The molecule has 0 aromatic carbocycles. The van der Waals surface area contributed by atoms with E-state index in [0.29, 0.717) is 5.69 Å². The Kier molecular flexibility index (Phi) is 10.0. The van der Waals surface area contributed by atoms with Crippen LogP contribution < -0.4 is 5.32 Å². The minimum absolute atomic E-state index is 0.267. The van der Waals surface area contributed by atoms with Crippen LogP contribution in [0.5, 0.6) is 0 Å². The number of esters is 1. The maximum atomic E-state index is 12.2. The van der Waals surface area contributed by atoms with Gasteiger partial charge in [0.2, 0.25) is 5.78 Å². The number of carbonyl (C=O) groups excluding carboxylic acids is 2. The first-order chi connectivity index (χ1) is 10.7. The van der Waals surface area contributed by atoms with Crippen molar-refractivity contribution in [2.75, 3.05) is 7.11 Å². The Morgan fingerprint density at radius 3 is 2.41 bits per heavy atom. The smallest absolute Gasteiger partial charge is 0.336 e. The number of hydrogen-bond acceptors (Lipinski definition) is 5. The second-order valence-electron chi connectivity index (χ2n) is 3.65. The highest BCUT2D eigenvalue weighted by atomic mass is 16.5. The zero-order chi connectivity index (χ0) is 17.0. The van der Waals surface area contributed by atoms with E-state index in [2.05, 4.69) is 15.0 Å². The molecule has 5 heteroatoms. The summed E-state index contributed by atoms with van der Waals surface area (Å²) >= 11 is 0. The average Bonchev–Trinajstić information content (AvgIpc) is 2.64. The Morgan fingerprint density at radius 2 is 1.86 bits per heavy atom. The highest BCUT2D eigenvalue weighted by Gasteiger charge is 2.29. The standard InChI is InChI=1S/C13H12N2O3.2C2H6/c1-18-13(17)9-5-4-8-15-11(9)12(16)10-6-2-3-7-14-10;2*1-2/h2-8,11,15H,1H3;2*1-2H3. The van der Waals surface area contributed by atoms with Gasteiger partial charge in [-0.3, -0.25) is 9.78 Å². The van der Waals surface area contributed by atoms with E-state index in [9.17, 15) is 9.59 Å². The Balaban J connectivity index is 0.00000102. The topological polar surface area (TPSA) is 68.3 Å². The maximum Gasteiger partial charge on any atom is 0.336 e. The minimum Gasteiger partial charge on any atom is -0.466 e. The van der Waals surface area contributed by atoms with Crippen LogP contribution in [0.25, 0.3) is 0 Å². The number of carbonyl (C=O) groups is 2. The number of aromatic nitrogens is 1. The lowest BCUT2D eigenvalue weighted by molar-refractivity contribution is -0.136. The number of allylic oxidation sites excluding steroid dienone is 2. The Bertz CT molecular complexity index is 522. The number of nitrogens with zero attached hydrogens (tertiary/aromatic N) is 1. The molecule has 1 unspecified atom stereocenters. The van der Waals surface area contributed by atoms with E-state index in [1.165, 1.54) is 13.3 Å². The van der Waals surface area contributed by atoms with Crippen LogP contribution in [0.2, 0.25) is 0 Å². The first-order valence-electron chi connectivity index (χ1n) is 7.40. The molecule has 120 valence electrons. The number of Topliss-reactive ketones (excluding diaryl/α,β-unsaturated/α-hetero) is 1. The van der Waals surface area contributed by atoms with Gasteiger partial charge in [-0.25, -0.2) is 4.79 Å². The molecule has 1 aromatic rings. The molecular weight excluding hydrogens is 280 g/mol. The third-order valence-electron chi connectivity index (χ3n) is 2.55. The van der Waals surface area contributed by atoms with E-state index in [0.717, 1.165) is 0 Å². The third kappa shape index (κ3) is 5.16. The molecule has 0 amide bonds. The van der Waals surface area contributed by atoms with Gasteiger partial charge in [0, 0.05) is 6.20 Å². The normalized spacial score (nSPS) is 15.0. The predicted octanol–water partition coefficient (Wildman–Crippen LogP) is 2.90. The molecule has 0 radical (unpaired) electrons. The molecule has 1 aromatic heterocycles. The third-order valence-corrected chi connectivity index (χ3v) is 2.55. The lowest BCUT2D eigenvalue weighted by Crippen LogP contribution is -2.40. The number of nitrogens with one attached hydrogen (secondary N) is 1. The van der Waals surface area contributed by atoms with Crippen LogP contribution in [0.4, 0.5) is 0 Å². The molecule has 1 aliphatic rings. The van der Waals surface area contributed by atoms with Crippen molar-refractivity contribution < 1.29 is 14.3 Å². The highest BCUT2D eigenvalue weighted by Crippen LogP contribution is 2.13. The average molecular weight is 304 g/mol. The number of pyridine rings is 1. The summed E-state index contributed by atoms with van der Waals surface area (Å²) in [4.78, 5) is 27.8. The van der Waals surface area contributed by atoms with Gasteiger partial charge in [0.1, 0.15) is 11.7 Å². The molecule has 0 fully saturated rings. The van der Waals surface area contributed by atoms with E-state index in [4.69, 9.17) is 0 Å². The van der Waals surface area contributed by atoms with Crippen LogP contribution in [-0.4, -0.2) is 29.9 Å². The number of ketones is 1. The SMILES string of the molecule is CC.CC.COC(=O)C1=CC=CNC1C(=O)c1ccccn1. The Morgan fingerprint density at radius 1 is 1.18 bits per heavy atom. The van der Waals surface area contributed by atoms with Gasteiger partial charge >= 0.3 is 5.97 Å². The fourth-order valence-electron chi connectivity index (χ4n) is 1.67. The summed E-state index contributed by atoms with van der Waals surface area (Å²) in [5.74, 6) is -0.794. The zero-order valence-corrected chi connectivity index (χ0v) is 13.8. The summed E-state index contributed by atoms with van der Waals surface area (Å²) in [6, 6.07) is 4.30. The number of ether oxygens (including phenoxy) is 1. The van der Waals surface area contributed by atoms with E-state index in [1.807, 2.05) is 27.7 Å². The van der Waals surface area contributed by atoms with Crippen molar-refractivity contribution in [1.82, 2.24) is 10.3 Å². The van der Waals surface area contributed by atoms with E-state index in [1.54, 1.807) is 36.6 Å². The maximum absolute atomic E-state index is 12.2. The first kappa shape index (κ1) is 19.6. The van der Waals surface area contributed by atoms with Crippen molar-refractivity contribution in [3.63, 3.8) is 0 Å². The summed E-state index contributed by atoms with van der Waals surface area (Å²) in [7, 11) is 1.28. The van der Waals surface area contributed by atoms with E-state index < -0.39 is 12.0 Å². The van der Waals surface area contributed by atoms with Crippen molar-refractivity contribution in [2.24, 2.45) is 0 Å². The molecule has 1 atom stereocenters. The second kappa shape index (κ2) is 11.3. The lowest BCUT2D eigenvalue weighted by Gasteiger charge is -2.20. The number of dihydropyridines is 1. The second-order valence-corrected chi connectivity index (χ2v) is 3.65. The number of rotatable bonds is 3. The molecule has 5 nitrogen and oxygen atoms in total. The fourth-order valence-corrected chi connectivity index (χ4v) is 1.67. The van der Waals surface area contributed by atoms with Gasteiger partial charge in [-0.15, -0.1) is 0 Å². The van der Waals surface area contributed by atoms with Crippen molar-refractivity contribution in [1.29, 1.82) is 0 Å². The van der Waals surface area contributed by atoms with Crippen LogP contribution in [0.1, 0.15) is 38.2 Å². The molecule has 0 saturated carbocycles. The van der Waals surface area contributed by atoms with Gasteiger partial charge in [0.15, 0.2) is 0 Å². The molecule has 0 bridgehead atoms. The fraction of sp³-hybridized carbons (Fsp3) is 0.353. The minimum atomic E-state index is -0.752. The molecule has 0 saturated heterocycles. The van der Waals surface area contributed by atoms with Crippen LogP contribution in [-0.2, 0) is 9.53 Å². The molecule has 22 heavy (non-hydrogen) atoms. The Hall–Kier alpha value is -2.43. The van der Waals surface area contributed by atoms with E-state index >= 15 is 0 Å². The van der Waals surface area contributed by atoms with Crippen LogP contribution in [0, 0.1) is 0 Å². The van der Waals surface area contributed by atoms with Crippen molar-refractivity contribution in [3.8, 4) is 0 Å². The van der Waals surface area contributed by atoms with Gasteiger partial charge in [-0.05, 0) is 30.5 Å². The molecule has 2 rings (SSSR count). The summed E-state index contributed by atoms with van der Waals surface area (Å²) in [6.07, 6.45) is 6.35. The Labute approximate surface area is 132 Å². The first-order valence-corrected chi connectivity index (χ1v) is 7.40. The van der Waals surface area contributed by atoms with Gasteiger partial charge in [0.05, 0.1) is 12.7 Å². The highest BCUT2D eigenvalue weighted by molar-refractivity contribution is 6.07. The largest absolute Gasteiger partial charge is 0.466 e. The lowest BCUT2D eigenvalue weighted by atomic mass is 9.98. The molecule has 0 spiro atoms. The van der Waals surface area contributed by atoms with E-state index in [-0.39, 0.29) is 11.4 Å². The quantitative estimate of drug-likeness (QED) is 0.687. The summed E-state index contributed by atoms with van der Waals surface area (Å²) in [5.41, 5.74) is 0.579. The van der Waals surface area contributed by atoms with Crippen LogP contribution in [0.3, 0.4) is 0 Å². The van der Waals surface area contributed by atoms with Crippen LogP contribution >= 0.6 is 0 Å². The van der Waals surface area contributed by atoms with Gasteiger partial charge in [0.25, 0.3) is 0 Å². The summed E-state index contributed by atoms with van der Waals surface area (Å²) in [6.45, 7) is 8.00. The zero-order valence-electron chi connectivity index (χ0n) is 13.8. The number of methoxy groups -OCH3 is 1.